The van der Waals surface area contributed by atoms with Crippen LogP contribution in [0.3, 0.4) is 0 Å². The predicted molar refractivity (Wildman–Crippen MR) is 150 cm³/mol. The molecule has 0 aliphatic rings. The van der Waals surface area contributed by atoms with Crippen LogP contribution in [0.5, 0.6) is 0 Å². The van der Waals surface area contributed by atoms with Gasteiger partial charge in [-0.3, -0.25) is 9.59 Å². The van der Waals surface area contributed by atoms with E-state index in [9.17, 15) is 22.4 Å². The van der Waals surface area contributed by atoms with Crippen LogP contribution in [0.25, 0.3) is 0 Å². The van der Waals surface area contributed by atoms with Crippen LogP contribution in [-0.4, -0.2) is 55.1 Å². The van der Waals surface area contributed by atoms with E-state index >= 15 is 0 Å². The quantitative estimate of drug-likeness (QED) is 0.362. The van der Waals surface area contributed by atoms with Gasteiger partial charge in [0.05, 0.1) is 11.4 Å². The molecule has 1 N–H and O–H groups in total. The van der Waals surface area contributed by atoms with Crippen molar-refractivity contribution < 1.29 is 22.4 Å². The number of likely N-dealkylation sites (N-methyl/N-ethyl adjacent to an activating group) is 1. The predicted octanol–water partition coefficient (Wildman–Crippen LogP) is 4.31. The smallest absolute Gasteiger partial charge is 0.243 e. The maximum absolute atomic E-state index is 13.8. The van der Waals surface area contributed by atoms with E-state index in [0.717, 1.165) is 15.4 Å². The van der Waals surface area contributed by atoms with Crippen LogP contribution in [0.1, 0.15) is 37.0 Å². The highest BCUT2D eigenvalue weighted by molar-refractivity contribution is 7.89. The lowest BCUT2D eigenvalue weighted by molar-refractivity contribution is -0.141. The van der Waals surface area contributed by atoms with Gasteiger partial charge in [0.15, 0.2) is 0 Å². The van der Waals surface area contributed by atoms with Crippen molar-refractivity contribution in [3.8, 4) is 0 Å². The number of halogens is 1. The first-order valence-corrected chi connectivity index (χ1v) is 14.4. The molecule has 9 heteroatoms. The summed E-state index contributed by atoms with van der Waals surface area (Å²) in [7, 11) is -2.61. The summed E-state index contributed by atoms with van der Waals surface area (Å²) in [6.07, 6.45) is 0.928. The second-order valence-electron chi connectivity index (χ2n) is 9.75. The highest BCUT2D eigenvalue weighted by Gasteiger charge is 2.33. The number of carbonyl (C=O) groups excluding carboxylic acids is 2. The average Bonchev–Trinajstić information content (AvgIpc) is 2.92. The van der Waals surface area contributed by atoms with Crippen molar-refractivity contribution in [1.29, 1.82) is 0 Å². The Morgan fingerprint density at radius 2 is 1.54 bits per heavy atom. The van der Waals surface area contributed by atoms with E-state index < -0.39 is 34.3 Å². The molecule has 0 fully saturated rings. The molecule has 0 bridgehead atoms. The van der Waals surface area contributed by atoms with Gasteiger partial charge >= 0.3 is 0 Å². The number of aryl methyl sites for hydroxylation is 1. The average molecular weight is 554 g/mol. The van der Waals surface area contributed by atoms with Gasteiger partial charge < -0.3 is 10.2 Å². The third-order valence-corrected chi connectivity index (χ3v) is 8.44. The van der Waals surface area contributed by atoms with Crippen molar-refractivity contribution in [3.05, 3.63) is 101 Å². The summed E-state index contributed by atoms with van der Waals surface area (Å²) >= 11 is 0. The first-order chi connectivity index (χ1) is 18.5. The minimum atomic E-state index is -3.95. The van der Waals surface area contributed by atoms with Gasteiger partial charge in [-0.25, -0.2) is 12.8 Å². The first kappa shape index (κ1) is 30.0. The standard InChI is InChI=1S/C30H36FN3O4S/c1-5-23(3)32-30(36)28(19-24-9-7-6-8-10-24)34(20-25-13-15-26(31)16-14-25)29(35)21-33(4)39(37,38)27-17-11-22(2)12-18-27/h6-18,23,28H,5,19-21H2,1-4H3,(H,32,36)/t23-,28+/m1/s1. The summed E-state index contributed by atoms with van der Waals surface area (Å²) in [5.74, 6) is -1.30. The Hall–Kier alpha value is -3.56. The molecule has 0 unspecified atom stereocenters. The molecular weight excluding hydrogens is 517 g/mol. The molecule has 2 amide bonds. The number of benzene rings is 3. The molecule has 0 aliphatic carbocycles. The molecule has 39 heavy (non-hydrogen) atoms. The Bertz CT molecular complexity index is 1350. The summed E-state index contributed by atoms with van der Waals surface area (Å²) in [4.78, 5) is 28.8. The Kier molecular flexibility index (Phi) is 10.4. The summed E-state index contributed by atoms with van der Waals surface area (Å²) in [6.45, 7) is 5.21. The lowest BCUT2D eigenvalue weighted by Crippen LogP contribution is -2.54. The lowest BCUT2D eigenvalue weighted by atomic mass is 10.0. The van der Waals surface area contributed by atoms with Crippen LogP contribution < -0.4 is 5.32 Å². The molecule has 0 aliphatic heterocycles. The molecule has 3 aromatic rings. The molecule has 0 radical (unpaired) electrons. The minimum Gasteiger partial charge on any atom is -0.352 e. The van der Waals surface area contributed by atoms with E-state index in [1.165, 1.54) is 36.2 Å². The summed E-state index contributed by atoms with van der Waals surface area (Å²) in [5, 5.41) is 2.97. The third kappa shape index (κ3) is 8.21. The van der Waals surface area contributed by atoms with Crippen LogP contribution in [0, 0.1) is 12.7 Å². The Labute approximate surface area is 230 Å². The van der Waals surface area contributed by atoms with Crippen molar-refractivity contribution in [2.45, 2.75) is 57.1 Å². The molecular formula is C30H36FN3O4S. The van der Waals surface area contributed by atoms with E-state index in [-0.39, 0.29) is 29.8 Å². The normalized spacial score (nSPS) is 13.1. The third-order valence-electron chi connectivity index (χ3n) is 6.63. The molecule has 208 valence electrons. The SMILES string of the molecule is CC[C@@H](C)NC(=O)[C@H](Cc1ccccc1)N(Cc1ccc(F)cc1)C(=O)CN(C)S(=O)(=O)c1ccc(C)cc1. The lowest BCUT2D eigenvalue weighted by Gasteiger charge is -2.33. The topological polar surface area (TPSA) is 86.8 Å². The fraction of sp³-hybridized carbons (Fsp3) is 0.333. The second-order valence-corrected chi connectivity index (χ2v) is 11.8. The fourth-order valence-electron chi connectivity index (χ4n) is 4.04. The molecule has 0 heterocycles. The summed E-state index contributed by atoms with van der Waals surface area (Å²) < 4.78 is 41.0. The monoisotopic (exact) mass is 553 g/mol. The van der Waals surface area contributed by atoms with Crippen molar-refractivity contribution in [1.82, 2.24) is 14.5 Å². The Morgan fingerprint density at radius 3 is 2.13 bits per heavy atom. The van der Waals surface area contributed by atoms with Crippen molar-refractivity contribution in [2.24, 2.45) is 0 Å². The number of nitrogens with one attached hydrogen (secondary N) is 1. The minimum absolute atomic E-state index is 0.00294. The van der Waals surface area contributed by atoms with Gasteiger partial charge in [0.25, 0.3) is 0 Å². The second kappa shape index (κ2) is 13.5. The molecule has 0 saturated carbocycles. The highest BCUT2D eigenvalue weighted by atomic mass is 32.2. The maximum atomic E-state index is 13.8. The van der Waals surface area contributed by atoms with Gasteiger partial charge in [-0.1, -0.05) is 67.1 Å². The molecule has 0 saturated heterocycles. The molecule has 2 atom stereocenters. The number of nitrogens with zero attached hydrogens (tertiary/aromatic N) is 2. The van der Waals surface area contributed by atoms with Crippen LogP contribution in [0.15, 0.2) is 83.8 Å². The van der Waals surface area contributed by atoms with Crippen LogP contribution in [-0.2, 0) is 32.6 Å². The van der Waals surface area contributed by atoms with Crippen molar-refractivity contribution in [2.75, 3.05) is 13.6 Å². The number of carbonyl (C=O) groups is 2. The Balaban J connectivity index is 1.97. The number of rotatable bonds is 12. The first-order valence-electron chi connectivity index (χ1n) is 12.9. The largest absolute Gasteiger partial charge is 0.352 e. The van der Waals surface area contributed by atoms with Crippen molar-refractivity contribution in [3.63, 3.8) is 0 Å². The highest BCUT2D eigenvalue weighted by Crippen LogP contribution is 2.19. The zero-order valence-corrected chi connectivity index (χ0v) is 23.6. The number of hydrogen-bond acceptors (Lipinski definition) is 4. The summed E-state index contributed by atoms with van der Waals surface area (Å²) in [5.41, 5.74) is 2.37. The van der Waals surface area contributed by atoms with Crippen LogP contribution >= 0.6 is 0 Å². The van der Waals surface area contributed by atoms with Crippen LogP contribution in [0.4, 0.5) is 4.39 Å². The van der Waals surface area contributed by atoms with E-state index in [4.69, 9.17) is 0 Å². The van der Waals surface area contributed by atoms with Gasteiger partial charge in [-0.15, -0.1) is 0 Å². The van der Waals surface area contributed by atoms with Gasteiger partial charge in [-0.2, -0.15) is 4.31 Å². The number of sulfonamides is 1. The fourth-order valence-corrected chi connectivity index (χ4v) is 5.16. The Morgan fingerprint density at radius 1 is 0.923 bits per heavy atom. The van der Waals surface area contributed by atoms with Gasteiger partial charge in [0.1, 0.15) is 11.9 Å². The van der Waals surface area contributed by atoms with E-state index in [1.807, 2.05) is 51.1 Å². The van der Waals surface area contributed by atoms with Gasteiger partial charge in [0.2, 0.25) is 21.8 Å². The van der Waals surface area contributed by atoms with E-state index in [0.29, 0.717) is 12.0 Å². The molecule has 0 aromatic heterocycles. The molecule has 0 spiro atoms. The van der Waals surface area contributed by atoms with Gasteiger partial charge in [-0.05, 0) is 55.7 Å². The van der Waals surface area contributed by atoms with E-state index in [2.05, 4.69) is 5.32 Å². The maximum Gasteiger partial charge on any atom is 0.243 e. The molecule has 3 aromatic carbocycles. The number of amides is 2. The van der Waals surface area contributed by atoms with Crippen LogP contribution in [0.2, 0.25) is 0 Å². The molecule has 3 rings (SSSR count). The zero-order valence-electron chi connectivity index (χ0n) is 22.8. The summed E-state index contributed by atoms with van der Waals surface area (Å²) in [6, 6.07) is 20.3. The zero-order chi connectivity index (χ0) is 28.6. The van der Waals surface area contributed by atoms with E-state index in [1.54, 1.807) is 24.3 Å². The van der Waals surface area contributed by atoms with Gasteiger partial charge in [0, 0.05) is 26.1 Å². The molecule has 7 nitrogen and oxygen atoms in total. The van der Waals surface area contributed by atoms with Crippen molar-refractivity contribution >= 4 is 21.8 Å². The number of hydrogen-bond donors (Lipinski definition) is 1.